The second kappa shape index (κ2) is 10.5. The SMILES string of the molecule is Cc1cc2nc(n1)NCCCCC1CCCN(C1)c1cc(NS(=O)(=O)CCO)cnc1C(=O)N2. The van der Waals surface area contributed by atoms with Crippen LogP contribution in [0.1, 0.15) is 48.3 Å². The van der Waals surface area contributed by atoms with Crippen LogP contribution in [-0.2, 0) is 10.0 Å². The summed E-state index contributed by atoms with van der Waals surface area (Å²) in [5.41, 5.74) is 1.75. The molecule has 4 rings (SSSR count). The third kappa shape index (κ3) is 6.11. The molecule has 4 N–H and O–H groups in total. The molecule has 0 spiro atoms. The Labute approximate surface area is 199 Å². The molecule has 1 saturated heterocycles. The highest BCUT2D eigenvalue weighted by atomic mass is 32.2. The molecule has 1 unspecified atom stereocenters. The van der Waals surface area contributed by atoms with Crippen LogP contribution >= 0.6 is 0 Å². The van der Waals surface area contributed by atoms with Gasteiger partial charge in [0, 0.05) is 31.4 Å². The molecule has 12 heteroatoms. The normalized spacial score (nSPS) is 19.2. The Bertz CT molecular complexity index is 1140. The van der Waals surface area contributed by atoms with Crippen LogP contribution in [0.3, 0.4) is 0 Å². The molecule has 1 amide bonds. The van der Waals surface area contributed by atoms with E-state index in [4.69, 9.17) is 5.11 Å². The molecule has 11 nitrogen and oxygen atoms in total. The highest BCUT2D eigenvalue weighted by molar-refractivity contribution is 7.92. The van der Waals surface area contributed by atoms with Crippen molar-refractivity contribution in [2.75, 3.05) is 52.2 Å². The van der Waals surface area contributed by atoms with Crippen molar-refractivity contribution in [1.82, 2.24) is 15.0 Å². The van der Waals surface area contributed by atoms with Crippen molar-refractivity contribution in [1.29, 1.82) is 0 Å². The van der Waals surface area contributed by atoms with Crippen LogP contribution < -0.4 is 20.3 Å². The number of aromatic nitrogens is 3. The molecule has 4 bridgehead atoms. The second-order valence-electron chi connectivity index (χ2n) is 8.79. The second-order valence-corrected chi connectivity index (χ2v) is 10.6. The van der Waals surface area contributed by atoms with Crippen LogP contribution in [0.4, 0.5) is 23.1 Å². The number of piperidine rings is 1. The van der Waals surface area contributed by atoms with Crippen LogP contribution in [0.2, 0.25) is 0 Å². The number of aliphatic hydroxyl groups excluding tert-OH is 1. The third-order valence-corrected chi connectivity index (χ3v) is 7.26. The van der Waals surface area contributed by atoms with Gasteiger partial charge in [-0.15, -0.1) is 0 Å². The van der Waals surface area contributed by atoms with Gasteiger partial charge in [-0.1, -0.05) is 6.42 Å². The molecular formula is C22H31N7O4S. The van der Waals surface area contributed by atoms with Gasteiger partial charge in [-0.2, -0.15) is 4.98 Å². The zero-order chi connectivity index (χ0) is 24.1. The fourth-order valence-corrected chi connectivity index (χ4v) is 5.25. The zero-order valence-electron chi connectivity index (χ0n) is 19.2. The molecule has 0 aromatic carbocycles. The first-order valence-electron chi connectivity index (χ1n) is 11.6. The van der Waals surface area contributed by atoms with Gasteiger partial charge in [-0.25, -0.2) is 18.4 Å². The van der Waals surface area contributed by atoms with Gasteiger partial charge in [0.15, 0.2) is 5.69 Å². The Hall–Kier alpha value is -2.99. The lowest BCUT2D eigenvalue weighted by Crippen LogP contribution is -2.37. The Morgan fingerprint density at radius 3 is 2.85 bits per heavy atom. The van der Waals surface area contributed by atoms with E-state index in [1.54, 1.807) is 12.1 Å². The molecule has 0 saturated carbocycles. The van der Waals surface area contributed by atoms with E-state index in [-0.39, 0.29) is 11.4 Å². The maximum Gasteiger partial charge on any atom is 0.277 e. The Kier molecular flexibility index (Phi) is 7.47. The lowest BCUT2D eigenvalue weighted by molar-refractivity contribution is 0.102. The standard InChI is InChI=1S/C22H31N7O4S/c1-15-11-19-26-21(31)20-18(12-17(13-24-20)28-34(32,33)10-9-30)29-8-4-6-16(14-29)5-2-3-7-23-22(25-15)27-19/h11-13,16,28,30H,2-10,14H2,1H3,(H2,23,25,26,27,31). The number of aliphatic hydroxyl groups is 1. The van der Waals surface area contributed by atoms with Gasteiger partial charge < -0.3 is 20.6 Å². The fourth-order valence-electron chi connectivity index (χ4n) is 4.44. The Balaban J connectivity index is 1.71. The van der Waals surface area contributed by atoms with E-state index in [0.29, 0.717) is 23.4 Å². The lowest BCUT2D eigenvalue weighted by Gasteiger charge is -2.35. The highest BCUT2D eigenvalue weighted by Gasteiger charge is 2.26. The molecular weight excluding hydrogens is 458 g/mol. The number of hydrogen-bond donors (Lipinski definition) is 4. The van der Waals surface area contributed by atoms with Crippen LogP contribution in [0.5, 0.6) is 0 Å². The van der Waals surface area contributed by atoms with Gasteiger partial charge in [0.2, 0.25) is 16.0 Å². The van der Waals surface area contributed by atoms with Crippen molar-refractivity contribution in [2.45, 2.75) is 39.0 Å². The van der Waals surface area contributed by atoms with Crippen molar-refractivity contribution in [3.8, 4) is 0 Å². The van der Waals surface area contributed by atoms with E-state index >= 15 is 0 Å². The summed E-state index contributed by atoms with van der Waals surface area (Å²) in [7, 11) is -3.72. The van der Waals surface area contributed by atoms with Crippen molar-refractivity contribution >= 4 is 39.1 Å². The molecule has 0 radical (unpaired) electrons. The quantitative estimate of drug-likeness (QED) is 0.505. The first-order chi connectivity index (χ1) is 16.3. The minimum atomic E-state index is -3.72. The minimum absolute atomic E-state index is 0.200. The number of sulfonamides is 1. The topological polar surface area (TPSA) is 149 Å². The monoisotopic (exact) mass is 489 g/mol. The predicted molar refractivity (Wildman–Crippen MR) is 131 cm³/mol. The maximum atomic E-state index is 13.3. The molecule has 2 aromatic rings. The molecule has 0 aliphatic carbocycles. The van der Waals surface area contributed by atoms with Gasteiger partial charge >= 0.3 is 0 Å². The lowest BCUT2D eigenvalue weighted by atomic mass is 9.92. The number of amides is 1. The summed E-state index contributed by atoms with van der Waals surface area (Å²) in [6.07, 6.45) is 6.54. The van der Waals surface area contributed by atoms with E-state index in [1.165, 1.54) is 6.20 Å². The van der Waals surface area contributed by atoms with E-state index in [2.05, 4.69) is 35.2 Å². The van der Waals surface area contributed by atoms with Gasteiger partial charge in [0.1, 0.15) is 5.82 Å². The van der Waals surface area contributed by atoms with Crippen LogP contribution in [0.15, 0.2) is 18.3 Å². The number of rotatable bonds is 4. The molecule has 4 heterocycles. The predicted octanol–water partition coefficient (Wildman–Crippen LogP) is 1.98. The summed E-state index contributed by atoms with van der Waals surface area (Å²) in [5.74, 6) is 0.464. The van der Waals surface area contributed by atoms with Crippen molar-refractivity contribution < 1.29 is 18.3 Å². The summed E-state index contributed by atoms with van der Waals surface area (Å²) in [5, 5.41) is 15.1. The molecule has 34 heavy (non-hydrogen) atoms. The molecule has 1 atom stereocenters. The Morgan fingerprint density at radius 1 is 1.21 bits per heavy atom. The zero-order valence-corrected chi connectivity index (χ0v) is 20.1. The first-order valence-corrected chi connectivity index (χ1v) is 13.3. The van der Waals surface area contributed by atoms with E-state index in [9.17, 15) is 13.2 Å². The number of carbonyl (C=O) groups is 1. The number of anilines is 4. The van der Waals surface area contributed by atoms with E-state index in [0.717, 1.165) is 57.4 Å². The average Bonchev–Trinajstić information content (AvgIpc) is 2.78. The van der Waals surface area contributed by atoms with Crippen LogP contribution in [0, 0.1) is 12.8 Å². The highest BCUT2D eigenvalue weighted by Crippen LogP contribution is 2.31. The maximum absolute atomic E-state index is 13.3. The van der Waals surface area contributed by atoms with Crippen LogP contribution in [0.25, 0.3) is 0 Å². The third-order valence-electron chi connectivity index (χ3n) is 5.99. The number of aryl methyl sites for hydroxylation is 1. The summed E-state index contributed by atoms with van der Waals surface area (Å²) in [4.78, 5) is 28.5. The van der Waals surface area contributed by atoms with Gasteiger partial charge in [0.05, 0.1) is 29.9 Å². The minimum Gasteiger partial charge on any atom is -0.395 e. The van der Waals surface area contributed by atoms with Crippen molar-refractivity contribution in [2.24, 2.45) is 5.92 Å². The molecule has 2 aromatic heterocycles. The van der Waals surface area contributed by atoms with Gasteiger partial charge in [-0.05, 0) is 44.6 Å². The number of nitrogens with zero attached hydrogens (tertiary/aromatic N) is 4. The van der Waals surface area contributed by atoms with E-state index < -0.39 is 28.3 Å². The summed E-state index contributed by atoms with van der Waals surface area (Å²) >= 11 is 0. The number of hydrogen-bond acceptors (Lipinski definition) is 9. The first kappa shape index (κ1) is 24.1. The molecule has 1 fully saturated rings. The number of fused-ring (bicyclic) bond motifs is 6. The number of nitrogens with one attached hydrogen (secondary N) is 3. The molecule has 2 aliphatic rings. The smallest absolute Gasteiger partial charge is 0.277 e. The average molecular weight is 490 g/mol. The molecule has 184 valence electrons. The van der Waals surface area contributed by atoms with Crippen molar-refractivity contribution in [3.05, 3.63) is 29.7 Å². The number of carbonyl (C=O) groups excluding carboxylic acids is 1. The number of pyridine rings is 1. The molecule has 2 aliphatic heterocycles. The summed E-state index contributed by atoms with van der Waals surface area (Å²) < 4.78 is 26.8. The van der Waals surface area contributed by atoms with Crippen LogP contribution in [-0.4, -0.2) is 66.4 Å². The van der Waals surface area contributed by atoms with Crippen molar-refractivity contribution in [3.63, 3.8) is 0 Å². The van der Waals surface area contributed by atoms with E-state index in [1.807, 2.05) is 6.92 Å². The van der Waals surface area contributed by atoms with Gasteiger partial charge in [-0.3, -0.25) is 9.52 Å². The fraction of sp³-hybridized carbons (Fsp3) is 0.545. The van der Waals surface area contributed by atoms with Gasteiger partial charge in [0.25, 0.3) is 5.91 Å². The Morgan fingerprint density at radius 2 is 2.03 bits per heavy atom. The summed E-state index contributed by atoms with van der Waals surface area (Å²) in [6.45, 7) is 3.63. The largest absolute Gasteiger partial charge is 0.395 e. The summed E-state index contributed by atoms with van der Waals surface area (Å²) in [6, 6.07) is 3.34.